The first-order chi connectivity index (χ1) is 6.15. The van der Waals surface area contributed by atoms with E-state index in [0.29, 0.717) is 13.2 Å². The zero-order valence-electron chi connectivity index (χ0n) is 8.46. The van der Waals surface area contributed by atoms with Crippen molar-refractivity contribution >= 4 is 5.91 Å². The number of hydrogen-bond donors (Lipinski definition) is 2. The minimum Gasteiger partial charge on any atom is -0.379 e. The van der Waals surface area contributed by atoms with Gasteiger partial charge in [0.25, 0.3) is 0 Å². The Morgan fingerprint density at radius 2 is 2.15 bits per heavy atom. The van der Waals surface area contributed by atoms with Crippen LogP contribution in [0.2, 0.25) is 0 Å². The molecule has 4 heteroatoms. The first-order valence-electron chi connectivity index (χ1n) is 4.70. The van der Waals surface area contributed by atoms with Crippen molar-refractivity contribution in [1.29, 1.82) is 0 Å². The van der Waals surface area contributed by atoms with E-state index in [9.17, 15) is 4.79 Å². The van der Waals surface area contributed by atoms with Gasteiger partial charge in [0, 0.05) is 12.1 Å². The fourth-order valence-corrected chi connectivity index (χ4v) is 1.49. The van der Waals surface area contributed by atoms with E-state index in [1.807, 2.05) is 20.9 Å². The number of carbonyl (C=O) groups excluding carboxylic acids is 1. The lowest BCUT2D eigenvalue weighted by atomic mass is 10.0. The second-order valence-corrected chi connectivity index (χ2v) is 3.70. The third-order valence-electron chi connectivity index (χ3n) is 2.22. The summed E-state index contributed by atoms with van der Waals surface area (Å²) in [6.07, 6.45) is 0. The van der Waals surface area contributed by atoms with Crippen LogP contribution in [-0.4, -0.2) is 38.3 Å². The molecule has 1 amide bonds. The number of ether oxygens (including phenoxy) is 1. The summed E-state index contributed by atoms with van der Waals surface area (Å²) in [7, 11) is 1.86. The molecule has 0 aromatic heterocycles. The highest BCUT2D eigenvalue weighted by atomic mass is 16.5. The summed E-state index contributed by atoms with van der Waals surface area (Å²) in [4.78, 5) is 11.6. The minimum absolute atomic E-state index is 0.0348. The maximum Gasteiger partial charge on any atom is 0.227 e. The van der Waals surface area contributed by atoms with Crippen LogP contribution in [0, 0.1) is 5.92 Å². The Morgan fingerprint density at radius 1 is 1.46 bits per heavy atom. The van der Waals surface area contributed by atoms with E-state index in [4.69, 9.17) is 4.74 Å². The van der Waals surface area contributed by atoms with Gasteiger partial charge in [-0.3, -0.25) is 4.79 Å². The average molecular weight is 186 g/mol. The molecule has 0 saturated carbocycles. The molecule has 1 rings (SSSR count). The summed E-state index contributed by atoms with van der Waals surface area (Å²) in [6, 6.07) is 0.365. The largest absolute Gasteiger partial charge is 0.379 e. The van der Waals surface area contributed by atoms with Crippen LogP contribution in [-0.2, 0) is 9.53 Å². The van der Waals surface area contributed by atoms with E-state index in [1.54, 1.807) is 0 Å². The Kier molecular flexibility index (Phi) is 3.69. The molecule has 2 atom stereocenters. The Labute approximate surface area is 79.0 Å². The zero-order chi connectivity index (χ0) is 9.84. The lowest BCUT2D eigenvalue weighted by molar-refractivity contribution is -0.125. The molecule has 76 valence electrons. The summed E-state index contributed by atoms with van der Waals surface area (Å²) >= 11 is 0. The molecule has 1 aliphatic heterocycles. The van der Waals surface area contributed by atoms with Gasteiger partial charge in [-0.1, -0.05) is 0 Å². The second-order valence-electron chi connectivity index (χ2n) is 3.70. The predicted molar refractivity (Wildman–Crippen MR) is 50.4 cm³/mol. The summed E-state index contributed by atoms with van der Waals surface area (Å²) < 4.78 is 5.24. The van der Waals surface area contributed by atoms with Gasteiger partial charge in [0.05, 0.1) is 19.1 Å². The van der Waals surface area contributed by atoms with Crippen LogP contribution in [0.4, 0.5) is 0 Å². The van der Waals surface area contributed by atoms with Crippen molar-refractivity contribution in [1.82, 2.24) is 10.6 Å². The van der Waals surface area contributed by atoms with Crippen LogP contribution in [0.5, 0.6) is 0 Å². The zero-order valence-corrected chi connectivity index (χ0v) is 8.46. The van der Waals surface area contributed by atoms with Crippen molar-refractivity contribution in [2.45, 2.75) is 25.9 Å². The highest BCUT2D eigenvalue weighted by Gasteiger charge is 2.32. The van der Waals surface area contributed by atoms with Crippen molar-refractivity contribution in [2.24, 2.45) is 5.92 Å². The van der Waals surface area contributed by atoms with E-state index < -0.39 is 0 Å². The van der Waals surface area contributed by atoms with E-state index in [2.05, 4.69) is 10.6 Å². The minimum atomic E-state index is -0.0348. The molecule has 4 nitrogen and oxygen atoms in total. The number of carbonyl (C=O) groups is 1. The molecule has 1 saturated heterocycles. The molecule has 0 bridgehead atoms. The molecule has 2 unspecified atom stereocenters. The van der Waals surface area contributed by atoms with Crippen LogP contribution >= 0.6 is 0 Å². The number of rotatable bonds is 3. The van der Waals surface area contributed by atoms with Crippen LogP contribution in [0.3, 0.4) is 0 Å². The second kappa shape index (κ2) is 4.58. The average Bonchev–Trinajstić information content (AvgIpc) is 2.49. The predicted octanol–water partition coefficient (Wildman–Crippen LogP) is -0.255. The summed E-state index contributed by atoms with van der Waals surface area (Å²) in [6.45, 7) is 5.08. The SMILES string of the molecule is CNC1COCC1C(=O)NC(C)C. The lowest BCUT2D eigenvalue weighted by Crippen LogP contribution is -2.44. The molecule has 1 aliphatic rings. The van der Waals surface area contributed by atoms with Crippen LogP contribution in [0.1, 0.15) is 13.8 Å². The first kappa shape index (κ1) is 10.5. The molecule has 0 aromatic carbocycles. The standard InChI is InChI=1S/C9H18N2O2/c1-6(2)11-9(12)7-4-13-5-8(7)10-3/h6-8,10H,4-5H2,1-3H3,(H,11,12). The van der Waals surface area contributed by atoms with Gasteiger partial charge in [0.15, 0.2) is 0 Å². The molecule has 0 radical (unpaired) electrons. The molecular formula is C9H18N2O2. The molecule has 2 N–H and O–H groups in total. The van der Waals surface area contributed by atoms with E-state index in [1.165, 1.54) is 0 Å². The maximum absolute atomic E-state index is 11.6. The van der Waals surface area contributed by atoms with E-state index in [-0.39, 0.29) is 23.9 Å². The molecule has 13 heavy (non-hydrogen) atoms. The number of hydrogen-bond acceptors (Lipinski definition) is 3. The van der Waals surface area contributed by atoms with Crippen LogP contribution in [0.15, 0.2) is 0 Å². The van der Waals surface area contributed by atoms with Gasteiger partial charge in [-0.2, -0.15) is 0 Å². The molecular weight excluding hydrogens is 168 g/mol. The van der Waals surface area contributed by atoms with Crippen molar-refractivity contribution in [2.75, 3.05) is 20.3 Å². The van der Waals surface area contributed by atoms with Gasteiger partial charge in [0.1, 0.15) is 0 Å². The van der Waals surface area contributed by atoms with E-state index >= 15 is 0 Å². The Balaban J connectivity index is 2.45. The normalized spacial score (nSPS) is 28.0. The Hall–Kier alpha value is -0.610. The lowest BCUT2D eigenvalue weighted by Gasteiger charge is -2.17. The summed E-state index contributed by atoms with van der Waals surface area (Å²) in [5.74, 6) is 0.0549. The van der Waals surface area contributed by atoms with Crippen molar-refractivity contribution in [3.05, 3.63) is 0 Å². The Morgan fingerprint density at radius 3 is 2.69 bits per heavy atom. The maximum atomic E-state index is 11.6. The third kappa shape index (κ3) is 2.67. The van der Waals surface area contributed by atoms with Gasteiger partial charge in [-0.25, -0.2) is 0 Å². The summed E-state index contributed by atoms with van der Waals surface area (Å²) in [5.41, 5.74) is 0. The van der Waals surface area contributed by atoms with Gasteiger partial charge in [-0.05, 0) is 20.9 Å². The van der Waals surface area contributed by atoms with Gasteiger partial charge in [0.2, 0.25) is 5.91 Å². The highest BCUT2D eigenvalue weighted by molar-refractivity contribution is 5.80. The quantitative estimate of drug-likeness (QED) is 0.639. The topological polar surface area (TPSA) is 50.4 Å². The molecule has 1 fully saturated rings. The molecule has 1 heterocycles. The van der Waals surface area contributed by atoms with E-state index in [0.717, 1.165) is 0 Å². The van der Waals surface area contributed by atoms with Gasteiger partial charge >= 0.3 is 0 Å². The van der Waals surface area contributed by atoms with Gasteiger partial charge < -0.3 is 15.4 Å². The summed E-state index contributed by atoms with van der Waals surface area (Å²) in [5, 5.41) is 5.97. The van der Waals surface area contributed by atoms with Crippen molar-refractivity contribution < 1.29 is 9.53 Å². The smallest absolute Gasteiger partial charge is 0.227 e. The first-order valence-corrected chi connectivity index (χ1v) is 4.70. The highest BCUT2D eigenvalue weighted by Crippen LogP contribution is 2.13. The fraction of sp³-hybridized carbons (Fsp3) is 0.889. The van der Waals surface area contributed by atoms with Gasteiger partial charge in [-0.15, -0.1) is 0 Å². The number of amides is 1. The monoisotopic (exact) mass is 186 g/mol. The molecule has 0 spiro atoms. The number of likely N-dealkylation sites (N-methyl/N-ethyl adjacent to an activating group) is 1. The van der Waals surface area contributed by atoms with Crippen LogP contribution < -0.4 is 10.6 Å². The fourth-order valence-electron chi connectivity index (χ4n) is 1.49. The third-order valence-corrected chi connectivity index (χ3v) is 2.22. The van der Waals surface area contributed by atoms with Crippen LogP contribution in [0.25, 0.3) is 0 Å². The molecule has 0 aromatic rings. The Bertz CT molecular complexity index is 182. The molecule has 0 aliphatic carbocycles. The van der Waals surface area contributed by atoms with Crippen molar-refractivity contribution in [3.8, 4) is 0 Å². The number of nitrogens with one attached hydrogen (secondary N) is 2. The van der Waals surface area contributed by atoms with Crippen molar-refractivity contribution in [3.63, 3.8) is 0 Å².